The van der Waals surface area contributed by atoms with Crippen molar-refractivity contribution < 1.29 is 14.3 Å². The highest BCUT2D eigenvalue weighted by atomic mass is 32.2. The first-order valence-corrected chi connectivity index (χ1v) is 11.5. The minimum Gasteiger partial charge on any atom is -0.497 e. The molecule has 0 unspecified atom stereocenters. The van der Waals surface area contributed by atoms with Gasteiger partial charge >= 0.3 is 0 Å². The number of thioether (sulfide) groups is 1. The van der Waals surface area contributed by atoms with E-state index in [1.807, 2.05) is 69.3 Å². The number of methoxy groups -OCH3 is 1. The van der Waals surface area contributed by atoms with Gasteiger partial charge in [-0.05, 0) is 49.1 Å². The number of hydrogen-bond donors (Lipinski definition) is 1. The van der Waals surface area contributed by atoms with Crippen molar-refractivity contribution in [3.63, 3.8) is 0 Å². The van der Waals surface area contributed by atoms with E-state index in [1.165, 1.54) is 0 Å². The fourth-order valence-electron chi connectivity index (χ4n) is 3.24. The Morgan fingerprint density at radius 2 is 1.80 bits per heavy atom. The number of rotatable bonds is 11. The van der Waals surface area contributed by atoms with Crippen LogP contribution in [0.5, 0.6) is 5.75 Å². The molecule has 30 heavy (non-hydrogen) atoms. The number of carbonyl (C=O) groups excluding carboxylic acids is 2. The van der Waals surface area contributed by atoms with Crippen LogP contribution in [0, 0.1) is 6.92 Å². The zero-order valence-electron chi connectivity index (χ0n) is 18.3. The Labute approximate surface area is 184 Å². The Kier molecular flexibility index (Phi) is 9.74. The van der Waals surface area contributed by atoms with Crippen molar-refractivity contribution in [2.45, 2.75) is 45.5 Å². The van der Waals surface area contributed by atoms with Crippen LogP contribution in [0.1, 0.15) is 37.0 Å². The normalized spacial score (nSPS) is 11.6. The molecule has 2 aromatic rings. The van der Waals surface area contributed by atoms with Gasteiger partial charge in [0, 0.05) is 18.8 Å². The van der Waals surface area contributed by atoms with Crippen LogP contribution >= 0.6 is 11.8 Å². The minimum atomic E-state index is -0.473. The van der Waals surface area contributed by atoms with Crippen LogP contribution in [-0.2, 0) is 21.9 Å². The van der Waals surface area contributed by atoms with Gasteiger partial charge in [0.05, 0.1) is 12.9 Å². The Hall–Kier alpha value is -2.47. The van der Waals surface area contributed by atoms with E-state index in [0.29, 0.717) is 25.3 Å². The van der Waals surface area contributed by atoms with E-state index in [2.05, 4.69) is 5.32 Å². The lowest BCUT2D eigenvalue weighted by atomic mass is 10.1. The Morgan fingerprint density at radius 3 is 2.40 bits per heavy atom. The zero-order chi connectivity index (χ0) is 21.9. The summed E-state index contributed by atoms with van der Waals surface area (Å²) >= 11 is 1.56. The largest absolute Gasteiger partial charge is 0.497 e. The van der Waals surface area contributed by atoms with Crippen molar-refractivity contribution in [3.05, 3.63) is 65.2 Å². The predicted octanol–water partition coefficient (Wildman–Crippen LogP) is 4.18. The highest BCUT2D eigenvalue weighted by Gasteiger charge is 2.28. The van der Waals surface area contributed by atoms with Gasteiger partial charge in [0.15, 0.2) is 0 Å². The van der Waals surface area contributed by atoms with Gasteiger partial charge in [0.25, 0.3) is 0 Å². The SMILES string of the molecule is CCNC(=O)[C@H](CC)N(Cc1ccccc1C)C(=O)CSCc1ccc(OC)cc1. The van der Waals surface area contributed by atoms with Crippen molar-refractivity contribution >= 4 is 23.6 Å². The minimum absolute atomic E-state index is 0.0186. The van der Waals surface area contributed by atoms with Crippen molar-refractivity contribution in [2.75, 3.05) is 19.4 Å². The molecule has 0 radical (unpaired) electrons. The summed E-state index contributed by atoms with van der Waals surface area (Å²) in [5.74, 6) is 1.76. The quantitative estimate of drug-likeness (QED) is 0.583. The molecule has 2 aromatic carbocycles. The van der Waals surface area contributed by atoms with Crippen LogP contribution < -0.4 is 10.1 Å². The molecule has 0 aliphatic carbocycles. The average molecular weight is 429 g/mol. The van der Waals surface area contributed by atoms with Crippen LogP contribution in [0.4, 0.5) is 0 Å². The van der Waals surface area contributed by atoms with Gasteiger partial charge in [-0.1, -0.05) is 43.3 Å². The van der Waals surface area contributed by atoms with E-state index in [-0.39, 0.29) is 11.8 Å². The maximum absolute atomic E-state index is 13.2. The predicted molar refractivity (Wildman–Crippen MR) is 124 cm³/mol. The van der Waals surface area contributed by atoms with Crippen molar-refractivity contribution in [1.82, 2.24) is 10.2 Å². The molecule has 0 fully saturated rings. The standard InChI is InChI=1S/C24H32N2O3S/c1-5-22(24(28)25-6-2)26(15-20-10-8-7-9-18(20)3)23(27)17-30-16-19-11-13-21(29-4)14-12-19/h7-14,22H,5-6,15-17H2,1-4H3,(H,25,28)/t22-/m0/s1. The first-order valence-electron chi connectivity index (χ1n) is 10.3. The number of benzene rings is 2. The second kappa shape index (κ2) is 12.3. The van der Waals surface area contributed by atoms with Gasteiger partial charge in [-0.25, -0.2) is 0 Å². The van der Waals surface area contributed by atoms with Gasteiger partial charge in [0.1, 0.15) is 11.8 Å². The summed E-state index contributed by atoms with van der Waals surface area (Å²) in [5, 5.41) is 2.87. The van der Waals surface area contributed by atoms with Crippen molar-refractivity contribution in [3.8, 4) is 5.75 Å². The number of amides is 2. The molecule has 5 nitrogen and oxygen atoms in total. The van der Waals surface area contributed by atoms with E-state index in [0.717, 1.165) is 28.2 Å². The van der Waals surface area contributed by atoms with E-state index in [9.17, 15) is 9.59 Å². The third-order valence-corrected chi connectivity index (χ3v) is 5.98. The first-order chi connectivity index (χ1) is 14.5. The molecule has 6 heteroatoms. The second-order valence-electron chi connectivity index (χ2n) is 7.11. The van der Waals surface area contributed by atoms with Gasteiger partial charge in [-0.3, -0.25) is 9.59 Å². The summed E-state index contributed by atoms with van der Waals surface area (Å²) < 4.78 is 5.19. The molecule has 1 atom stereocenters. The number of likely N-dealkylation sites (N-methyl/N-ethyl adjacent to an activating group) is 1. The molecule has 0 aliphatic heterocycles. The van der Waals surface area contributed by atoms with E-state index < -0.39 is 6.04 Å². The number of nitrogens with one attached hydrogen (secondary N) is 1. The summed E-state index contributed by atoms with van der Waals surface area (Å²) in [7, 11) is 1.64. The number of nitrogens with zero attached hydrogens (tertiary/aromatic N) is 1. The summed E-state index contributed by atoms with van der Waals surface area (Å²) in [5.41, 5.74) is 3.32. The fourth-order valence-corrected chi connectivity index (χ4v) is 4.11. The molecule has 0 bridgehead atoms. The molecule has 0 saturated carbocycles. The molecule has 0 heterocycles. The topological polar surface area (TPSA) is 58.6 Å². The van der Waals surface area contributed by atoms with Gasteiger partial charge in [-0.15, -0.1) is 11.8 Å². The summed E-state index contributed by atoms with van der Waals surface area (Å²) in [6, 6.07) is 15.4. The smallest absolute Gasteiger partial charge is 0.242 e. The lowest BCUT2D eigenvalue weighted by Crippen LogP contribution is -2.49. The molecule has 1 N–H and O–H groups in total. The summed E-state index contributed by atoms with van der Waals surface area (Å²) in [6.07, 6.45) is 0.576. The highest BCUT2D eigenvalue weighted by Crippen LogP contribution is 2.20. The summed E-state index contributed by atoms with van der Waals surface area (Å²) in [4.78, 5) is 27.5. The lowest BCUT2D eigenvalue weighted by Gasteiger charge is -2.31. The van der Waals surface area contributed by atoms with Crippen LogP contribution in [0.15, 0.2) is 48.5 Å². The Balaban J connectivity index is 2.10. The van der Waals surface area contributed by atoms with E-state index in [1.54, 1.807) is 23.8 Å². The van der Waals surface area contributed by atoms with Crippen LogP contribution in [-0.4, -0.2) is 42.2 Å². The number of hydrogen-bond acceptors (Lipinski definition) is 4. The molecular formula is C24H32N2O3S. The van der Waals surface area contributed by atoms with Gasteiger partial charge < -0.3 is 15.0 Å². The Bertz CT molecular complexity index is 823. The van der Waals surface area contributed by atoms with Crippen molar-refractivity contribution in [2.24, 2.45) is 0 Å². The van der Waals surface area contributed by atoms with E-state index in [4.69, 9.17) is 4.74 Å². The van der Waals surface area contributed by atoms with Gasteiger partial charge in [-0.2, -0.15) is 0 Å². The first kappa shape index (κ1) is 23.8. The van der Waals surface area contributed by atoms with Crippen LogP contribution in [0.25, 0.3) is 0 Å². The maximum atomic E-state index is 13.2. The average Bonchev–Trinajstić information content (AvgIpc) is 2.75. The number of ether oxygens (including phenoxy) is 1. The molecule has 0 saturated heterocycles. The maximum Gasteiger partial charge on any atom is 0.242 e. The molecule has 0 aliphatic rings. The molecule has 0 aromatic heterocycles. The third kappa shape index (κ3) is 6.80. The molecular weight excluding hydrogens is 396 g/mol. The summed E-state index contributed by atoms with van der Waals surface area (Å²) in [6.45, 7) is 6.85. The highest BCUT2D eigenvalue weighted by molar-refractivity contribution is 7.99. The second-order valence-corrected chi connectivity index (χ2v) is 8.09. The molecule has 0 spiro atoms. The third-order valence-electron chi connectivity index (χ3n) is 4.99. The fraction of sp³-hybridized carbons (Fsp3) is 0.417. The Morgan fingerprint density at radius 1 is 1.10 bits per heavy atom. The van der Waals surface area contributed by atoms with Gasteiger partial charge in [0.2, 0.25) is 11.8 Å². The van der Waals surface area contributed by atoms with Crippen molar-refractivity contribution in [1.29, 1.82) is 0 Å². The molecule has 2 amide bonds. The molecule has 162 valence electrons. The number of carbonyl (C=O) groups is 2. The molecule has 2 rings (SSSR count). The monoisotopic (exact) mass is 428 g/mol. The van der Waals surface area contributed by atoms with Crippen LogP contribution in [0.3, 0.4) is 0 Å². The van der Waals surface area contributed by atoms with E-state index >= 15 is 0 Å². The number of aryl methyl sites for hydroxylation is 1. The zero-order valence-corrected chi connectivity index (χ0v) is 19.1. The lowest BCUT2D eigenvalue weighted by molar-refractivity contribution is -0.139. The van der Waals surface area contributed by atoms with Crippen LogP contribution in [0.2, 0.25) is 0 Å².